The average molecular weight is 359 g/mol. The molecule has 1 fully saturated rings. The summed E-state index contributed by atoms with van der Waals surface area (Å²) in [6, 6.07) is 4.54. The number of carbonyl (C=O) groups is 2. The summed E-state index contributed by atoms with van der Waals surface area (Å²) >= 11 is 0. The van der Waals surface area contributed by atoms with Crippen LogP contribution in [0.5, 0.6) is 11.5 Å². The van der Waals surface area contributed by atoms with Crippen molar-refractivity contribution in [1.29, 1.82) is 0 Å². The quantitative estimate of drug-likeness (QED) is 0.856. The molecule has 1 N–H and O–H groups in total. The molecule has 1 aliphatic rings. The Morgan fingerprint density at radius 2 is 1.75 bits per heavy atom. The van der Waals surface area contributed by atoms with Gasteiger partial charge < -0.3 is 19.5 Å². The molecule has 0 aliphatic carbocycles. The van der Waals surface area contributed by atoms with Crippen LogP contribution in [-0.2, 0) is 4.79 Å². The molecule has 1 unspecified atom stereocenters. The van der Waals surface area contributed by atoms with E-state index >= 15 is 0 Å². The van der Waals surface area contributed by atoms with Crippen LogP contribution in [0.3, 0.4) is 0 Å². The van der Waals surface area contributed by atoms with Crippen molar-refractivity contribution in [3.05, 3.63) is 23.8 Å². The number of rotatable bonds is 5. The minimum Gasteiger partial charge on any atom is -0.497 e. The van der Waals surface area contributed by atoms with Gasteiger partial charge in [-0.3, -0.25) is 14.5 Å². The number of methoxy groups -OCH3 is 2. The van der Waals surface area contributed by atoms with Crippen molar-refractivity contribution >= 4 is 24.3 Å². The van der Waals surface area contributed by atoms with Crippen LogP contribution in [0.4, 0.5) is 0 Å². The minimum absolute atomic E-state index is 0. The van der Waals surface area contributed by atoms with E-state index in [4.69, 9.17) is 14.6 Å². The third-order valence-corrected chi connectivity index (χ3v) is 4.15. The Hall–Kier alpha value is -1.99. The lowest BCUT2D eigenvalue weighted by molar-refractivity contribution is -0.143. The van der Waals surface area contributed by atoms with Gasteiger partial charge in [0.15, 0.2) is 0 Å². The van der Waals surface area contributed by atoms with E-state index in [1.54, 1.807) is 37.1 Å². The molecule has 1 aromatic rings. The number of benzene rings is 1. The van der Waals surface area contributed by atoms with Crippen molar-refractivity contribution in [1.82, 2.24) is 9.80 Å². The molecular formula is C16H23ClN2O5. The first-order valence-electron chi connectivity index (χ1n) is 7.46. The second-order valence-electron chi connectivity index (χ2n) is 5.41. The fourth-order valence-corrected chi connectivity index (χ4v) is 2.61. The number of ether oxygens (including phenoxy) is 2. The molecule has 1 amide bonds. The molecule has 0 saturated carbocycles. The van der Waals surface area contributed by atoms with Crippen molar-refractivity contribution < 1.29 is 24.2 Å². The van der Waals surface area contributed by atoms with Gasteiger partial charge in [0.05, 0.1) is 19.8 Å². The van der Waals surface area contributed by atoms with Crippen LogP contribution in [-0.4, -0.2) is 73.2 Å². The van der Waals surface area contributed by atoms with Crippen molar-refractivity contribution in [2.75, 3.05) is 40.4 Å². The summed E-state index contributed by atoms with van der Waals surface area (Å²) in [5.41, 5.74) is 0.480. The van der Waals surface area contributed by atoms with Crippen molar-refractivity contribution in [3.8, 4) is 11.5 Å². The van der Waals surface area contributed by atoms with Crippen LogP contribution in [0, 0.1) is 0 Å². The Labute approximate surface area is 147 Å². The van der Waals surface area contributed by atoms with Crippen molar-refractivity contribution in [2.45, 2.75) is 13.0 Å². The highest BCUT2D eigenvalue weighted by atomic mass is 35.5. The molecular weight excluding hydrogens is 336 g/mol. The molecule has 0 bridgehead atoms. The van der Waals surface area contributed by atoms with Crippen LogP contribution in [0.1, 0.15) is 17.3 Å². The number of hydrogen-bond acceptors (Lipinski definition) is 5. The average Bonchev–Trinajstić information content (AvgIpc) is 2.59. The van der Waals surface area contributed by atoms with Crippen LogP contribution < -0.4 is 9.47 Å². The Morgan fingerprint density at radius 3 is 2.25 bits per heavy atom. The lowest BCUT2D eigenvalue weighted by Gasteiger charge is -2.36. The van der Waals surface area contributed by atoms with Crippen LogP contribution in [0.2, 0.25) is 0 Å². The van der Waals surface area contributed by atoms with E-state index in [1.807, 2.05) is 4.90 Å². The zero-order valence-electron chi connectivity index (χ0n) is 14.0. The minimum atomic E-state index is -0.846. The topological polar surface area (TPSA) is 79.3 Å². The Bertz CT molecular complexity index is 588. The first-order valence-corrected chi connectivity index (χ1v) is 7.46. The van der Waals surface area contributed by atoms with Gasteiger partial charge in [0, 0.05) is 32.2 Å². The lowest BCUT2D eigenvalue weighted by Crippen LogP contribution is -2.53. The van der Waals surface area contributed by atoms with Gasteiger partial charge >= 0.3 is 5.97 Å². The number of amides is 1. The lowest BCUT2D eigenvalue weighted by atomic mass is 10.1. The van der Waals surface area contributed by atoms with E-state index in [0.29, 0.717) is 43.2 Å². The van der Waals surface area contributed by atoms with E-state index in [1.165, 1.54) is 7.11 Å². The SMILES string of the molecule is COc1ccc(C(=O)N2CCN(C(C)C(=O)O)CC2)c(OC)c1.Cl. The molecule has 1 aromatic carbocycles. The summed E-state index contributed by atoms with van der Waals surface area (Å²) in [4.78, 5) is 27.3. The Kier molecular flexibility index (Phi) is 7.31. The number of hydrogen-bond donors (Lipinski definition) is 1. The molecule has 1 heterocycles. The molecule has 1 aliphatic heterocycles. The maximum absolute atomic E-state index is 12.7. The third kappa shape index (κ3) is 4.30. The van der Waals surface area contributed by atoms with Gasteiger partial charge in [-0.25, -0.2) is 0 Å². The molecule has 24 heavy (non-hydrogen) atoms. The number of nitrogens with zero attached hydrogens (tertiary/aromatic N) is 2. The van der Waals surface area contributed by atoms with Gasteiger partial charge in [-0.2, -0.15) is 0 Å². The predicted octanol–water partition coefficient (Wildman–Crippen LogP) is 1.36. The number of aliphatic carboxylic acids is 1. The number of carboxylic acids is 1. The van der Waals surface area contributed by atoms with Crippen LogP contribution >= 0.6 is 12.4 Å². The van der Waals surface area contributed by atoms with Crippen LogP contribution in [0.25, 0.3) is 0 Å². The van der Waals surface area contributed by atoms with E-state index in [-0.39, 0.29) is 18.3 Å². The van der Waals surface area contributed by atoms with E-state index in [9.17, 15) is 9.59 Å². The predicted molar refractivity (Wildman–Crippen MR) is 91.4 cm³/mol. The summed E-state index contributed by atoms with van der Waals surface area (Å²) < 4.78 is 10.4. The zero-order valence-corrected chi connectivity index (χ0v) is 14.8. The second kappa shape index (κ2) is 8.75. The molecule has 1 atom stereocenters. The summed E-state index contributed by atoms with van der Waals surface area (Å²) in [7, 11) is 3.07. The molecule has 0 radical (unpaired) electrons. The largest absolute Gasteiger partial charge is 0.497 e. The number of halogens is 1. The monoisotopic (exact) mass is 358 g/mol. The van der Waals surface area contributed by atoms with Gasteiger partial charge in [0.1, 0.15) is 17.5 Å². The van der Waals surface area contributed by atoms with E-state index in [0.717, 1.165) is 0 Å². The van der Waals surface area contributed by atoms with Gasteiger partial charge in [-0.05, 0) is 19.1 Å². The van der Waals surface area contributed by atoms with E-state index < -0.39 is 12.0 Å². The Morgan fingerprint density at radius 1 is 1.12 bits per heavy atom. The maximum Gasteiger partial charge on any atom is 0.320 e. The van der Waals surface area contributed by atoms with Crippen LogP contribution in [0.15, 0.2) is 18.2 Å². The summed E-state index contributed by atoms with van der Waals surface area (Å²) in [5.74, 6) is 0.128. The smallest absolute Gasteiger partial charge is 0.320 e. The van der Waals surface area contributed by atoms with E-state index in [2.05, 4.69) is 0 Å². The number of carbonyl (C=O) groups excluding carboxylic acids is 1. The first-order chi connectivity index (χ1) is 11.0. The van der Waals surface area contributed by atoms with Gasteiger partial charge in [0.25, 0.3) is 5.91 Å². The summed E-state index contributed by atoms with van der Waals surface area (Å²) in [6.07, 6.45) is 0. The highest BCUT2D eigenvalue weighted by Crippen LogP contribution is 2.26. The van der Waals surface area contributed by atoms with Crippen molar-refractivity contribution in [3.63, 3.8) is 0 Å². The highest BCUT2D eigenvalue weighted by Gasteiger charge is 2.28. The third-order valence-electron chi connectivity index (χ3n) is 4.15. The van der Waals surface area contributed by atoms with Gasteiger partial charge in [-0.1, -0.05) is 0 Å². The highest BCUT2D eigenvalue weighted by molar-refractivity contribution is 5.97. The van der Waals surface area contributed by atoms with Gasteiger partial charge in [0.2, 0.25) is 0 Å². The molecule has 0 spiro atoms. The molecule has 2 rings (SSSR count). The zero-order chi connectivity index (χ0) is 17.0. The van der Waals surface area contributed by atoms with Gasteiger partial charge in [-0.15, -0.1) is 12.4 Å². The molecule has 134 valence electrons. The Balaban J connectivity index is 0.00000288. The fourth-order valence-electron chi connectivity index (χ4n) is 2.61. The number of piperazine rings is 1. The normalized spacial score (nSPS) is 16.0. The molecule has 8 heteroatoms. The first kappa shape index (κ1) is 20.1. The molecule has 1 saturated heterocycles. The van der Waals surface area contributed by atoms with Crippen molar-refractivity contribution in [2.24, 2.45) is 0 Å². The summed E-state index contributed by atoms with van der Waals surface area (Å²) in [5, 5.41) is 9.05. The number of carboxylic acid groups (broad SMARTS) is 1. The summed E-state index contributed by atoms with van der Waals surface area (Å²) in [6.45, 7) is 3.72. The molecule has 7 nitrogen and oxygen atoms in total. The second-order valence-corrected chi connectivity index (χ2v) is 5.41. The standard InChI is InChI=1S/C16H22N2O5.ClH/c1-11(16(20)21)17-6-8-18(9-7-17)15(19)13-5-4-12(22-2)10-14(13)23-3;/h4-5,10-11H,6-9H2,1-3H3,(H,20,21);1H. The molecule has 0 aromatic heterocycles. The maximum atomic E-state index is 12.7. The fraction of sp³-hybridized carbons (Fsp3) is 0.500.